The summed E-state index contributed by atoms with van der Waals surface area (Å²) in [6, 6.07) is 10.4. The number of hydrogen-bond acceptors (Lipinski definition) is 3. The van der Waals surface area contributed by atoms with Crippen molar-refractivity contribution in [2.75, 3.05) is 0 Å². The highest BCUT2D eigenvalue weighted by Crippen LogP contribution is 2.36. The summed E-state index contributed by atoms with van der Waals surface area (Å²) in [5, 5.41) is 12.0. The first-order valence-corrected chi connectivity index (χ1v) is 7.71. The third-order valence-corrected chi connectivity index (χ3v) is 4.38. The van der Waals surface area contributed by atoms with Crippen molar-refractivity contribution in [1.82, 2.24) is 19.8 Å². The van der Waals surface area contributed by atoms with Gasteiger partial charge in [0.05, 0.1) is 10.6 Å². The Kier molecular flexibility index (Phi) is 3.53. The van der Waals surface area contributed by atoms with Gasteiger partial charge in [-0.1, -0.05) is 50.7 Å². The van der Waals surface area contributed by atoms with E-state index in [0.29, 0.717) is 5.92 Å². The SMILES string of the molecule is CCc1nnc2c(Sc3ccccc3)c(C(C)C)[nH]n12. The van der Waals surface area contributed by atoms with Gasteiger partial charge in [0, 0.05) is 11.3 Å². The van der Waals surface area contributed by atoms with Crippen LogP contribution in [0.5, 0.6) is 0 Å². The molecule has 2 aromatic heterocycles. The van der Waals surface area contributed by atoms with Crippen LogP contribution in [-0.4, -0.2) is 19.8 Å². The Morgan fingerprint density at radius 1 is 1.20 bits per heavy atom. The van der Waals surface area contributed by atoms with Gasteiger partial charge in [-0.05, 0) is 18.1 Å². The number of hydrogen-bond donors (Lipinski definition) is 1. The van der Waals surface area contributed by atoms with E-state index in [1.54, 1.807) is 11.8 Å². The van der Waals surface area contributed by atoms with Gasteiger partial charge in [-0.2, -0.15) is 0 Å². The third-order valence-electron chi connectivity index (χ3n) is 3.27. The van der Waals surface area contributed by atoms with Crippen LogP contribution in [0.2, 0.25) is 0 Å². The number of nitrogens with one attached hydrogen (secondary N) is 1. The van der Waals surface area contributed by atoms with Gasteiger partial charge in [-0.3, -0.25) is 5.10 Å². The summed E-state index contributed by atoms with van der Waals surface area (Å²) < 4.78 is 2.01. The van der Waals surface area contributed by atoms with Gasteiger partial charge in [0.1, 0.15) is 0 Å². The lowest BCUT2D eigenvalue weighted by Crippen LogP contribution is -1.96. The first-order chi connectivity index (χ1) is 9.70. The summed E-state index contributed by atoms with van der Waals surface area (Å²) >= 11 is 1.75. The number of H-pyrrole nitrogens is 1. The maximum absolute atomic E-state index is 4.35. The van der Waals surface area contributed by atoms with E-state index in [1.807, 2.05) is 10.6 Å². The standard InChI is InChI=1S/C15H18N4S/c1-4-12-16-17-15-14(13(10(2)3)18-19(12)15)20-11-8-6-5-7-9-11/h5-10,18H,4H2,1-3H3. The number of fused-ring (bicyclic) bond motifs is 1. The van der Waals surface area contributed by atoms with Gasteiger partial charge in [0.15, 0.2) is 11.5 Å². The first-order valence-electron chi connectivity index (χ1n) is 6.89. The van der Waals surface area contributed by atoms with E-state index in [9.17, 15) is 0 Å². The average Bonchev–Trinajstić information content (AvgIpc) is 3.00. The van der Waals surface area contributed by atoms with Crippen molar-refractivity contribution in [1.29, 1.82) is 0 Å². The molecule has 0 fully saturated rings. The van der Waals surface area contributed by atoms with Gasteiger partial charge in [0.25, 0.3) is 0 Å². The number of rotatable bonds is 4. The van der Waals surface area contributed by atoms with Gasteiger partial charge in [-0.15, -0.1) is 10.2 Å². The van der Waals surface area contributed by atoms with E-state index in [1.165, 1.54) is 15.5 Å². The van der Waals surface area contributed by atoms with Crippen LogP contribution < -0.4 is 0 Å². The summed E-state index contributed by atoms with van der Waals surface area (Å²) in [6.07, 6.45) is 0.870. The van der Waals surface area contributed by atoms with Gasteiger partial charge in [0.2, 0.25) is 0 Å². The zero-order valence-electron chi connectivity index (χ0n) is 11.9. The van der Waals surface area contributed by atoms with Crippen molar-refractivity contribution in [3.63, 3.8) is 0 Å². The van der Waals surface area contributed by atoms with E-state index < -0.39 is 0 Å². The van der Waals surface area contributed by atoms with E-state index >= 15 is 0 Å². The van der Waals surface area contributed by atoms with Gasteiger partial charge >= 0.3 is 0 Å². The topological polar surface area (TPSA) is 46.0 Å². The second kappa shape index (κ2) is 5.32. The van der Waals surface area contributed by atoms with Crippen molar-refractivity contribution in [3.05, 3.63) is 41.9 Å². The van der Waals surface area contributed by atoms with Gasteiger partial charge in [-0.25, -0.2) is 4.52 Å². The van der Waals surface area contributed by atoms with Crippen molar-refractivity contribution >= 4 is 17.4 Å². The Hall–Kier alpha value is -1.75. The van der Waals surface area contributed by atoms with E-state index in [-0.39, 0.29) is 0 Å². The zero-order valence-corrected chi connectivity index (χ0v) is 12.7. The molecule has 20 heavy (non-hydrogen) atoms. The lowest BCUT2D eigenvalue weighted by molar-refractivity contribution is 0.749. The number of nitrogens with zero attached hydrogens (tertiary/aromatic N) is 3. The molecule has 0 aliphatic carbocycles. The lowest BCUT2D eigenvalue weighted by Gasteiger charge is -2.05. The Morgan fingerprint density at radius 3 is 2.60 bits per heavy atom. The molecule has 0 saturated carbocycles. The Balaban J connectivity index is 2.12. The van der Waals surface area contributed by atoms with E-state index in [2.05, 4.69) is 60.3 Å². The summed E-state index contributed by atoms with van der Waals surface area (Å²) in [5.74, 6) is 1.40. The second-order valence-electron chi connectivity index (χ2n) is 5.05. The number of aryl methyl sites for hydroxylation is 1. The number of aromatic amines is 1. The minimum atomic E-state index is 0.424. The summed E-state index contributed by atoms with van der Waals surface area (Å²) in [5.41, 5.74) is 2.15. The van der Waals surface area contributed by atoms with Crippen LogP contribution in [0.1, 0.15) is 38.2 Å². The van der Waals surface area contributed by atoms with Crippen molar-refractivity contribution < 1.29 is 0 Å². The van der Waals surface area contributed by atoms with Crippen molar-refractivity contribution in [2.45, 2.75) is 42.9 Å². The minimum Gasteiger partial charge on any atom is -0.294 e. The monoisotopic (exact) mass is 286 g/mol. The molecule has 3 rings (SSSR count). The minimum absolute atomic E-state index is 0.424. The lowest BCUT2D eigenvalue weighted by atomic mass is 10.1. The van der Waals surface area contributed by atoms with E-state index in [4.69, 9.17) is 0 Å². The molecule has 0 atom stereocenters. The fraction of sp³-hybridized carbons (Fsp3) is 0.333. The second-order valence-corrected chi connectivity index (χ2v) is 6.14. The van der Waals surface area contributed by atoms with E-state index in [0.717, 1.165) is 17.9 Å². The molecule has 0 unspecified atom stereocenters. The summed E-state index contributed by atoms with van der Waals surface area (Å²) in [4.78, 5) is 2.40. The molecular weight excluding hydrogens is 268 g/mol. The van der Waals surface area contributed by atoms with Crippen LogP contribution in [0, 0.1) is 0 Å². The molecule has 0 aliphatic rings. The maximum Gasteiger partial charge on any atom is 0.191 e. The molecule has 0 aliphatic heterocycles. The molecule has 3 aromatic rings. The van der Waals surface area contributed by atoms with Crippen LogP contribution in [0.25, 0.3) is 5.65 Å². The summed E-state index contributed by atoms with van der Waals surface area (Å²) in [7, 11) is 0. The van der Waals surface area contributed by atoms with Crippen LogP contribution in [0.4, 0.5) is 0 Å². The molecule has 104 valence electrons. The molecule has 4 nitrogen and oxygen atoms in total. The number of aromatic nitrogens is 4. The maximum atomic E-state index is 4.35. The summed E-state index contributed by atoms with van der Waals surface area (Å²) in [6.45, 7) is 6.48. The van der Waals surface area contributed by atoms with Crippen LogP contribution in [-0.2, 0) is 6.42 Å². The predicted octanol–water partition coefficient (Wildman–Crippen LogP) is 3.89. The van der Waals surface area contributed by atoms with Crippen LogP contribution >= 0.6 is 11.8 Å². The molecule has 1 aromatic carbocycles. The molecule has 1 N–H and O–H groups in total. The Labute approximate surface area is 122 Å². The zero-order chi connectivity index (χ0) is 14.1. The van der Waals surface area contributed by atoms with Crippen LogP contribution in [0.15, 0.2) is 40.1 Å². The first kappa shape index (κ1) is 13.2. The Bertz CT molecular complexity index is 712. The van der Waals surface area contributed by atoms with Crippen LogP contribution in [0.3, 0.4) is 0 Å². The highest BCUT2D eigenvalue weighted by Gasteiger charge is 2.19. The molecule has 0 spiro atoms. The Morgan fingerprint density at radius 2 is 1.95 bits per heavy atom. The fourth-order valence-corrected chi connectivity index (χ4v) is 3.34. The largest absolute Gasteiger partial charge is 0.294 e. The highest BCUT2D eigenvalue weighted by molar-refractivity contribution is 7.99. The smallest absolute Gasteiger partial charge is 0.191 e. The predicted molar refractivity (Wildman–Crippen MR) is 81.4 cm³/mol. The molecule has 0 bridgehead atoms. The fourth-order valence-electron chi connectivity index (χ4n) is 2.20. The quantitative estimate of drug-likeness (QED) is 0.791. The molecule has 2 heterocycles. The van der Waals surface area contributed by atoms with Crippen molar-refractivity contribution in [2.24, 2.45) is 0 Å². The van der Waals surface area contributed by atoms with Crippen molar-refractivity contribution in [3.8, 4) is 0 Å². The number of benzene rings is 1. The molecule has 0 radical (unpaired) electrons. The molecular formula is C15H18N4S. The normalized spacial score (nSPS) is 11.6. The third kappa shape index (κ3) is 2.22. The molecule has 0 amide bonds. The van der Waals surface area contributed by atoms with Gasteiger partial charge < -0.3 is 0 Å². The molecule has 5 heteroatoms. The average molecular weight is 286 g/mol. The highest BCUT2D eigenvalue weighted by atomic mass is 32.2. The molecule has 0 saturated heterocycles.